The van der Waals surface area contributed by atoms with Gasteiger partial charge >= 0.3 is 0 Å². The first-order valence-electron chi connectivity index (χ1n) is 6.75. The molecule has 0 aliphatic carbocycles. The van der Waals surface area contributed by atoms with Crippen molar-refractivity contribution in [2.24, 2.45) is 0 Å². The molecule has 1 aromatic rings. The molecule has 2 N–H and O–H groups in total. The number of piperidine rings is 1. The third-order valence-electron chi connectivity index (χ3n) is 3.55. The Bertz CT molecular complexity index is 423. The van der Waals surface area contributed by atoms with Gasteiger partial charge in [-0.3, -0.25) is 4.79 Å². The minimum atomic E-state index is 0.0415. The first-order valence-corrected chi connectivity index (χ1v) is 6.75. The van der Waals surface area contributed by atoms with Gasteiger partial charge in [0.1, 0.15) is 0 Å². The van der Waals surface area contributed by atoms with Gasteiger partial charge < -0.3 is 10.6 Å². The Morgan fingerprint density at radius 3 is 2.89 bits per heavy atom. The van der Waals surface area contributed by atoms with Gasteiger partial charge in [-0.1, -0.05) is 24.1 Å². The Labute approximate surface area is 109 Å². The van der Waals surface area contributed by atoms with E-state index in [2.05, 4.69) is 10.6 Å². The standard InChI is InChI=1S/C15H22N2O/c1-11-6-7-14(12(2)9-11)15(18)17-10-13-5-3-4-8-16-13/h6-7,9,13,16H,3-5,8,10H2,1-2H3,(H,17,18). The van der Waals surface area contributed by atoms with E-state index in [1.807, 2.05) is 32.0 Å². The summed E-state index contributed by atoms with van der Waals surface area (Å²) in [6.07, 6.45) is 3.67. The van der Waals surface area contributed by atoms with Crippen LogP contribution in [0.4, 0.5) is 0 Å². The predicted octanol–water partition coefficient (Wildman–Crippen LogP) is 2.18. The molecule has 1 aliphatic rings. The van der Waals surface area contributed by atoms with Crippen LogP contribution in [0.1, 0.15) is 40.7 Å². The molecule has 1 atom stereocenters. The van der Waals surface area contributed by atoms with Crippen LogP contribution in [0.2, 0.25) is 0 Å². The lowest BCUT2D eigenvalue weighted by atomic mass is 10.0. The molecule has 1 fully saturated rings. The first kappa shape index (κ1) is 13.1. The lowest BCUT2D eigenvalue weighted by molar-refractivity contribution is 0.0947. The van der Waals surface area contributed by atoms with Gasteiger partial charge in [-0.25, -0.2) is 0 Å². The van der Waals surface area contributed by atoms with Gasteiger partial charge in [0.05, 0.1) is 0 Å². The Morgan fingerprint density at radius 2 is 2.22 bits per heavy atom. The number of amides is 1. The maximum atomic E-state index is 12.1. The van der Waals surface area contributed by atoms with E-state index in [0.29, 0.717) is 6.04 Å². The summed E-state index contributed by atoms with van der Waals surface area (Å²) < 4.78 is 0. The van der Waals surface area contributed by atoms with Gasteiger partial charge in [0.2, 0.25) is 0 Å². The van der Waals surface area contributed by atoms with Crippen LogP contribution in [-0.4, -0.2) is 25.0 Å². The smallest absolute Gasteiger partial charge is 0.251 e. The Kier molecular flexibility index (Phi) is 4.37. The largest absolute Gasteiger partial charge is 0.350 e. The van der Waals surface area contributed by atoms with Crippen LogP contribution < -0.4 is 10.6 Å². The molecular weight excluding hydrogens is 224 g/mol. The summed E-state index contributed by atoms with van der Waals surface area (Å²) in [4.78, 5) is 12.1. The third kappa shape index (κ3) is 3.33. The quantitative estimate of drug-likeness (QED) is 0.858. The summed E-state index contributed by atoms with van der Waals surface area (Å²) in [7, 11) is 0. The van der Waals surface area contributed by atoms with E-state index >= 15 is 0 Å². The molecule has 1 aromatic carbocycles. The Balaban J connectivity index is 1.90. The van der Waals surface area contributed by atoms with Crippen molar-refractivity contribution in [3.05, 3.63) is 34.9 Å². The van der Waals surface area contributed by atoms with E-state index in [1.54, 1.807) is 0 Å². The number of rotatable bonds is 3. The summed E-state index contributed by atoms with van der Waals surface area (Å²) in [5.41, 5.74) is 3.03. The molecule has 1 aliphatic heterocycles. The predicted molar refractivity (Wildman–Crippen MR) is 73.9 cm³/mol. The van der Waals surface area contributed by atoms with Gasteiger partial charge in [0, 0.05) is 18.2 Å². The highest BCUT2D eigenvalue weighted by Crippen LogP contribution is 2.11. The summed E-state index contributed by atoms with van der Waals surface area (Å²) >= 11 is 0. The minimum Gasteiger partial charge on any atom is -0.350 e. The highest BCUT2D eigenvalue weighted by atomic mass is 16.1. The topological polar surface area (TPSA) is 41.1 Å². The molecule has 0 radical (unpaired) electrons. The molecule has 1 amide bonds. The van der Waals surface area contributed by atoms with Crippen LogP contribution >= 0.6 is 0 Å². The lowest BCUT2D eigenvalue weighted by Gasteiger charge is -2.23. The van der Waals surface area contributed by atoms with Crippen LogP contribution in [0.15, 0.2) is 18.2 Å². The molecule has 0 aromatic heterocycles. The van der Waals surface area contributed by atoms with E-state index < -0.39 is 0 Å². The molecular formula is C15H22N2O. The van der Waals surface area contributed by atoms with E-state index in [4.69, 9.17) is 0 Å². The van der Waals surface area contributed by atoms with Gasteiger partial charge in [-0.15, -0.1) is 0 Å². The molecule has 1 saturated heterocycles. The van der Waals surface area contributed by atoms with Gasteiger partial charge in [-0.2, -0.15) is 0 Å². The molecule has 0 spiro atoms. The Morgan fingerprint density at radius 1 is 1.39 bits per heavy atom. The third-order valence-corrected chi connectivity index (χ3v) is 3.55. The number of hydrogen-bond acceptors (Lipinski definition) is 2. The number of hydrogen-bond donors (Lipinski definition) is 2. The summed E-state index contributed by atoms with van der Waals surface area (Å²) in [5.74, 6) is 0.0415. The number of aryl methyl sites for hydroxylation is 2. The van der Waals surface area contributed by atoms with Gasteiger partial charge in [0.25, 0.3) is 5.91 Å². The van der Waals surface area contributed by atoms with Crippen LogP contribution in [0.25, 0.3) is 0 Å². The number of carbonyl (C=O) groups is 1. The molecule has 3 nitrogen and oxygen atoms in total. The fourth-order valence-electron chi connectivity index (χ4n) is 2.48. The maximum Gasteiger partial charge on any atom is 0.251 e. The van der Waals surface area contributed by atoms with Crippen molar-refractivity contribution in [2.75, 3.05) is 13.1 Å². The zero-order valence-electron chi connectivity index (χ0n) is 11.3. The zero-order chi connectivity index (χ0) is 13.0. The average Bonchev–Trinajstić information content (AvgIpc) is 2.37. The number of benzene rings is 1. The fourth-order valence-corrected chi connectivity index (χ4v) is 2.48. The SMILES string of the molecule is Cc1ccc(C(=O)NCC2CCCCN2)c(C)c1. The van der Waals surface area contributed by atoms with Gasteiger partial charge in [0.15, 0.2) is 0 Å². The summed E-state index contributed by atoms with van der Waals surface area (Å²) in [5, 5.41) is 6.46. The van der Waals surface area contributed by atoms with Crippen molar-refractivity contribution in [2.45, 2.75) is 39.2 Å². The molecule has 0 bridgehead atoms. The second-order valence-electron chi connectivity index (χ2n) is 5.18. The second kappa shape index (κ2) is 6.01. The van der Waals surface area contributed by atoms with Crippen LogP contribution in [0.5, 0.6) is 0 Å². The van der Waals surface area contributed by atoms with Crippen molar-refractivity contribution in [1.82, 2.24) is 10.6 Å². The molecule has 98 valence electrons. The van der Waals surface area contributed by atoms with Crippen molar-refractivity contribution >= 4 is 5.91 Å². The van der Waals surface area contributed by atoms with Gasteiger partial charge in [-0.05, 0) is 44.9 Å². The van der Waals surface area contributed by atoms with E-state index in [1.165, 1.54) is 18.4 Å². The maximum absolute atomic E-state index is 12.1. The molecule has 1 unspecified atom stereocenters. The molecule has 2 rings (SSSR count). The van der Waals surface area contributed by atoms with Crippen molar-refractivity contribution < 1.29 is 4.79 Å². The minimum absolute atomic E-state index is 0.0415. The molecule has 18 heavy (non-hydrogen) atoms. The first-order chi connectivity index (χ1) is 8.66. The van der Waals surface area contributed by atoms with E-state index in [0.717, 1.165) is 30.6 Å². The van der Waals surface area contributed by atoms with Crippen molar-refractivity contribution in [3.8, 4) is 0 Å². The van der Waals surface area contributed by atoms with E-state index in [9.17, 15) is 4.79 Å². The monoisotopic (exact) mass is 246 g/mol. The molecule has 0 saturated carbocycles. The molecule has 1 heterocycles. The van der Waals surface area contributed by atoms with Crippen molar-refractivity contribution in [1.29, 1.82) is 0 Å². The zero-order valence-corrected chi connectivity index (χ0v) is 11.3. The van der Waals surface area contributed by atoms with E-state index in [-0.39, 0.29) is 5.91 Å². The summed E-state index contributed by atoms with van der Waals surface area (Å²) in [6, 6.07) is 6.39. The number of carbonyl (C=O) groups excluding carboxylic acids is 1. The summed E-state index contributed by atoms with van der Waals surface area (Å²) in [6.45, 7) is 5.83. The average molecular weight is 246 g/mol. The number of nitrogens with one attached hydrogen (secondary N) is 2. The highest BCUT2D eigenvalue weighted by molar-refractivity contribution is 5.95. The lowest BCUT2D eigenvalue weighted by Crippen LogP contribution is -2.43. The van der Waals surface area contributed by atoms with Crippen LogP contribution in [0.3, 0.4) is 0 Å². The normalized spacial score (nSPS) is 19.6. The van der Waals surface area contributed by atoms with Crippen LogP contribution in [-0.2, 0) is 0 Å². The van der Waals surface area contributed by atoms with Crippen molar-refractivity contribution in [3.63, 3.8) is 0 Å². The Hall–Kier alpha value is -1.35. The van der Waals surface area contributed by atoms with Crippen LogP contribution in [0, 0.1) is 13.8 Å². The highest BCUT2D eigenvalue weighted by Gasteiger charge is 2.14. The fraction of sp³-hybridized carbons (Fsp3) is 0.533. The second-order valence-corrected chi connectivity index (χ2v) is 5.18. The molecule has 3 heteroatoms.